The Bertz CT molecular complexity index is 497. The van der Waals surface area contributed by atoms with Crippen LogP contribution in [0.4, 0.5) is 4.79 Å². The first-order valence-electron chi connectivity index (χ1n) is 10.2. The fraction of sp³-hybridized carbons (Fsp3) is 0.857. The first-order valence-corrected chi connectivity index (χ1v) is 10.2. The first-order chi connectivity index (χ1) is 11.9. The van der Waals surface area contributed by atoms with Crippen molar-refractivity contribution in [2.75, 3.05) is 26.2 Å². The summed E-state index contributed by atoms with van der Waals surface area (Å²) in [5.74, 6) is 0.425. The molecule has 0 aromatic carbocycles. The molecule has 2 saturated heterocycles. The number of likely N-dealkylation sites (tertiary alicyclic amines) is 1. The molecule has 2 heterocycles. The number of carbonyl (C=O) groups is 1. The minimum absolute atomic E-state index is 0.124. The van der Waals surface area contributed by atoms with Gasteiger partial charge >= 0.3 is 6.03 Å². The van der Waals surface area contributed by atoms with Gasteiger partial charge in [0.1, 0.15) is 0 Å². The number of piperidine rings is 1. The molecule has 0 radical (unpaired) electrons. The Morgan fingerprint density at radius 2 is 2.12 bits per heavy atom. The van der Waals surface area contributed by atoms with Crippen molar-refractivity contribution in [3.8, 4) is 0 Å². The van der Waals surface area contributed by atoms with E-state index in [1.807, 2.05) is 0 Å². The molecule has 0 unspecified atom stereocenters. The lowest BCUT2D eigenvalue weighted by Gasteiger charge is -2.44. The van der Waals surface area contributed by atoms with E-state index in [4.69, 9.17) is 4.74 Å². The van der Waals surface area contributed by atoms with E-state index in [0.717, 1.165) is 51.9 Å². The van der Waals surface area contributed by atoms with E-state index in [9.17, 15) is 4.79 Å². The van der Waals surface area contributed by atoms with Gasteiger partial charge in [-0.25, -0.2) is 4.79 Å². The van der Waals surface area contributed by atoms with Crippen LogP contribution >= 0.6 is 0 Å². The highest BCUT2D eigenvalue weighted by molar-refractivity contribution is 5.74. The van der Waals surface area contributed by atoms with E-state index in [0.29, 0.717) is 11.3 Å². The van der Waals surface area contributed by atoms with Gasteiger partial charge in [-0.15, -0.1) is 0 Å². The monoisotopic (exact) mass is 348 g/mol. The van der Waals surface area contributed by atoms with Gasteiger partial charge in [0, 0.05) is 32.2 Å². The Hall–Kier alpha value is -1.03. The van der Waals surface area contributed by atoms with Gasteiger partial charge in [-0.05, 0) is 55.8 Å². The maximum Gasteiger partial charge on any atom is 0.317 e. The fourth-order valence-electron chi connectivity index (χ4n) is 5.03. The standard InChI is InChI=1S/C21H36N2O2/c1-20(2,3)18-17(9-7-14-25-18)15-22-19(24)23-13-8-12-21(16-23)10-5-4-6-11-21/h4-5,17-18H,6-16H2,1-3H3,(H,22,24)/t17-,18+,21-/m0/s1. The highest BCUT2D eigenvalue weighted by Crippen LogP contribution is 2.40. The number of urea groups is 1. The maximum atomic E-state index is 12.8. The van der Waals surface area contributed by atoms with Crippen LogP contribution in [-0.2, 0) is 4.74 Å². The molecule has 0 aromatic rings. The number of amides is 2. The Morgan fingerprint density at radius 1 is 1.28 bits per heavy atom. The lowest BCUT2D eigenvalue weighted by molar-refractivity contribution is -0.0840. The van der Waals surface area contributed by atoms with Gasteiger partial charge in [0.05, 0.1) is 6.10 Å². The Balaban J connectivity index is 1.54. The lowest BCUT2D eigenvalue weighted by Crippen LogP contribution is -2.52. The molecule has 0 bridgehead atoms. The predicted molar refractivity (Wildman–Crippen MR) is 102 cm³/mol. The molecule has 4 nitrogen and oxygen atoms in total. The van der Waals surface area contributed by atoms with Crippen molar-refractivity contribution >= 4 is 6.03 Å². The topological polar surface area (TPSA) is 41.6 Å². The molecule has 0 saturated carbocycles. The van der Waals surface area contributed by atoms with E-state index >= 15 is 0 Å². The highest BCUT2D eigenvalue weighted by atomic mass is 16.5. The molecule has 2 amide bonds. The summed E-state index contributed by atoms with van der Waals surface area (Å²) in [6.45, 7) is 10.1. The first kappa shape index (κ1) is 18.8. The summed E-state index contributed by atoms with van der Waals surface area (Å²) in [4.78, 5) is 14.8. The van der Waals surface area contributed by atoms with Crippen molar-refractivity contribution in [2.45, 2.75) is 71.8 Å². The number of allylic oxidation sites excluding steroid dienone is 2. The van der Waals surface area contributed by atoms with Gasteiger partial charge < -0.3 is 15.0 Å². The number of nitrogens with one attached hydrogen (secondary N) is 1. The van der Waals surface area contributed by atoms with Crippen molar-refractivity contribution in [1.82, 2.24) is 10.2 Å². The quantitative estimate of drug-likeness (QED) is 0.753. The smallest absolute Gasteiger partial charge is 0.317 e. The molecular weight excluding hydrogens is 312 g/mol. The zero-order valence-electron chi connectivity index (χ0n) is 16.4. The van der Waals surface area contributed by atoms with E-state index < -0.39 is 0 Å². The van der Waals surface area contributed by atoms with Gasteiger partial charge in [0.2, 0.25) is 0 Å². The van der Waals surface area contributed by atoms with Crippen molar-refractivity contribution in [1.29, 1.82) is 0 Å². The minimum atomic E-state index is 0.124. The normalized spacial score (nSPS) is 33.5. The van der Waals surface area contributed by atoms with E-state index in [1.54, 1.807) is 0 Å². The summed E-state index contributed by atoms with van der Waals surface area (Å²) in [6.07, 6.45) is 13.0. The summed E-state index contributed by atoms with van der Waals surface area (Å²) in [7, 11) is 0. The van der Waals surface area contributed by atoms with Crippen molar-refractivity contribution in [2.24, 2.45) is 16.7 Å². The second kappa shape index (κ2) is 7.69. The number of nitrogens with zero attached hydrogens (tertiary/aromatic N) is 1. The summed E-state index contributed by atoms with van der Waals surface area (Å²) in [5, 5.41) is 3.24. The third-order valence-electron chi connectivity index (χ3n) is 6.32. The van der Waals surface area contributed by atoms with Gasteiger partial charge in [-0.3, -0.25) is 0 Å². The third kappa shape index (κ3) is 4.58. The summed E-state index contributed by atoms with van der Waals surface area (Å²) < 4.78 is 6.05. The Labute approximate surface area is 153 Å². The zero-order valence-corrected chi connectivity index (χ0v) is 16.4. The molecular formula is C21H36N2O2. The number of hydrogen-bond acceptors (Lipinski definition) is 2. The van der Waals surface area contributed by atoms with Gasteiger partial charge in [-0.2, -0.15) is 0 Å². The second-order valence-electron chi connectivity index (χ2n) is 9.49. The van der Waals surface area contributed by atoms with Gasteiger partial charge in [0.15, 0.2) is 0 Å². The predicted octanol–water partition coefficient (Wildman–Crippen LogP) is 4.36. The molecule has 4 heteroatoms. The van der Waals surface area contributed by atoms with Crippen LogP contribution in [0, 0.1) is 16.7 Å². The Morgan fingerprint density at radius 3 is 2.84 bits per heavy atom. The van der Waals surface area contributed by atoms with Gasteiger partial charge in [0.25, 0.3) is 0 Å². The van der Waals surface area contributed by atoms with Crippen LogP contribution in [0.1, 0.15) is 65.7 Å². The molecule has 3 atom stereocenters. The number of carbonyl (C=O) groups excluding carboxylic acids is 1. The molecule has 3 rings (SSSR count). The zero-order chi connectivity index (χ0) is 17.9. The number of hydrogen-bond donors (Lipinski definition) is 1. The molecule has 1 spiro atoms. The summed E-state index contributed by atoms with van der Waals surface area (Å²) in [6, 6.07) is 0.131. The number of ether oxygens (including phenoxy) is 1. The number of rotatable bonds is 2. The lowest BCUT2D eigenvalue weighted by atomic mass is 9.71. The van der Waals surface area contributed by atoms with Crippen LogP contribution in [0.15, 0.2) is 12.2 Å². The second-order valence-corrected chi connectivity index (χ2v) is 9.49. The van der Waals surface area contributed by atoms with E-state index in [1.165, 1.54) is 19.3 Å². The minimum Gasteiger partial charge on any atom is -0.377 e. The maximum absolute atomic E-state index is 12.8. The van der Waals surface area contributed by atoms with E-state index in [-0.39, 0.29) is 17.6 Å². The largest absolute Gasteiger partial charge is 0.377 e. The molecule has 142 valence electrons. The van der Waals surface area contributed by atoms with E-state index in [2.05, 4.69) is 43.1 Å². The molecule has 1 N–H and O–H groups in total. The average molecular weight is 349 g/mol. The molecule has 2 aliphatic heterocycles. The summed E-state index contributed by atoms with van der Waals surface area (Å²) in [5.41, 5.74) is 0.464. The van der Waals surface area contributed by atoms with Gasteiger partial charge in [-0.1, -0.05) is 32.9 Å². The van der Waals surface area contributed by atoms with Crippen molar-refractivity contribution in [3.63, 3.8) is 0 Å². The molecule has 1 aliphatic carbocycles. The van der Waals surface area contributed by atoms with Crippen LogP contribution < -0.4 is 5.32 Å². The van der Waals surface area contributed by atoms with Crippen molar-refractivity contribution < 1.29 is 9.53 Å². The van der Waals surface area contributed by atoms with Crippen LogP contribution in [0.2, 0.25) is 0 Å². The molecule has 25 heavy (non-hydrogen) atoms. The molecule has 0 aromatic heterocycles. The Kier molecular flexibility index (Phi) is 5.77. The van der Waals surface area contributed by atoms with Crippen molar-refractivity contribution in [3.05, 3.63) is 12.2 Å². The van der Waals surface area contributed by atoms with Crippen LogP contribution in [-0.4, -0.2) is 43.3 Å². The fourth-order valence-corrected chi connectivity index (χ4v) is 5.03. The molecule has 3 aliphatic rings. The third-order valence-corrected chi connectivity index (χ3v) is 6.32. The van der Waals surface area contributed by atoms with Crippen LogP contribution in [0.5, 0.6) is 0 Å². The highest BCUT2D eigenvalue weighted by Gasteiger charge is 2.38. The SMILES string of the molecule is CC(C)(C)[C@@H]1OCCC[C@H]1CNC(=O)N1CCC[C@@]2(CC=CCC2)C1. The summed E-state index contributed by atoms with van der Waals surface area (Å²) >= 11 is 0. The molecule has 2 fully saturated rings. The van der Waals surface area contributed by atoms with Crippen LogP contribution in [0.25, 0.3) is 0 Å². The average Bonchev–Trinajstić information content (AvgIpc) is 2.60. The van der Waals surface area contributed by atoms with Crippen LogP contribution in [0.3, 0.4) is 0 Å².